The third kappa shape index (κ3) is 8.01. The number of benzene rings is 9. The fourth-order valence-corrected chi connectivity index (χ4v) is 14.0. The first-order valence-electron chi connectivity index (χ1n) is 22.5. The van der Waals surface area contributed by atoms with Crippen molar-refractivity contribution in [1.29, 1.82) is 0 Å². The first kappa shape index (κ1) is 47.3. The summed E-state index contributed by atoms with van der Waals surface area (Å²) in [5.41, 5.74) is 4.87. The Labute approximate surface area is 409 Å². The van der Waals surface area contributed by atoms with Crippen molar-refractivity contribution in [3.63, 3.8) is 0 Å². The number of hydrogen-bond acceptors (Lipinski definition) is 12. The third-order valence-electron chi connectivity index (χ3n) is 12.9. The predicted molar refractivity (Wildman–Crippen MR) is 284 cm³/mol. The summed E-state index contributed by atoms with van der Waals surface area (Å²) in [6.07, 6.45) is 0. The molecular weight excluding hydrogens is 1010 g/mol. The van der Waals surface area contributed by atoms with Gasteiger partial charge in [-0.2, -0.15) is 0 Å². The average Bonchev–Trinajstić information content (AvgIpc) is 3.35. The molecule has 354 valence electrons. The molecule has 0 fully saturated rings. The van der Waals surface area contributed by atoms with Crippen LogP contribution in [0.5, 0.6) is 57.5 Å². The summed E-state index contributed by atoms with van der Waals surface area (Å²) in [6.45, 7) is 0. The SMILES string of the molecule is [CH3][Ge]([CH3])([CH3])[c]1ccc(N(c2ccc(-c3c4ccccc4c(-c4ccc(N(c5cc[c]([Ge]([CH3])([CH3])[CH3])cc5)c5c(O)c(O)c(O)c(O)c5O)cc4)c4ccccc34)cc2)c2c(O)c(O)c(O)c(O)c2O)cc1. The van der Waals surface area contributed by atoms with Crippen LogP contribution in [0.15, 0.2) is 146 Å². The van der Waals surface area contributed by atoms with Crippen molar-refractivity contribution in [3.05, 3.63) is 146 Å². The van der Waals surface area contributed by atoms with Gasteiger partial charge in [-0.3, -0.25) is 0 Å². The standard InChI is InChI=1S/C56H52Ge2N2O10/c1-57(2,3)33-19-27-37(28-20-33)59(45-47(61)51(65)55(69)52(66)48(45)62)35-23-15-31(16-24-35)43-39-11-7-9-13-41(39)44(42-14-10-8-12-40(42)43)32-17-25-36(26-18-32)60(38-29-21-34(22-30-38)58(4,5)6)46-49(63)53(67)56(70)54(68)50(46)64/h7-30,61-70H,1-6H3. The van der Waals surface area contributed by atoms with Crippen molar-refractivity contribution in [1.82, 2.24) is 0 Å². The Hall–Kier alpha value is -7.81. The topological polar surface area (TPSA) is 209 Å². The van der Waals surface area contributed by atoms with Crippen molar-refractivity contribution in [2.24, 2.45) is 0 Å². The zero-order valence-electron chi connectivity index (χ0n) is 39.2. The van der Waals surface area contributed by atoms with Crippen LogP contribution in [0, 0.1) is 0 Å². The Morgan fingerprint density at radius 2 is 0.486 bits per heavy atom. The Kier molecular flexibility index (Phi) is 11.9. The Bertz CT molecular complexity index is 3150. The maximum absolute atomic E-state index is 11.2. The molecule has 0 aliphatic rings. The van der Waals surface area contributed by atoms with Gasteiger partial charge in [0.05, 0.1) is 0 Å². The Morgan fingerprint density at radius 3 is 0.714 bits per heavy atom. The van der Waals surface area contributed by atoms with E-state index in [4.69, 9.17) is 0 Å². The minimum atomic E-state index is -2.27. The van der Waals surface area contributed by atoms with Gasteiger partial charge in [0.25, 0.3) is 0 Å². The molecule has 0 radical (unpaired) electrons. The van der Waals surface area contributed by atoms with Gasteiger partial charge in [0, 0.05) is 0 Å². The van der Waals surface area contributed by atoms with Gasteiger partial charge in [-0.15, -0.1) is 0 Å². The molecule has 0 aromatic heterocycles. The summed E-state index contributed by atoms with van der Waals surface area (Å²) in [6, 6.07) is 46.5. The van der Waals surface area contributed by atoms with Crippen LogP contribution in [0.1, 0.15) is 0 Å². The van der Waals surface area contributed by atoms with Gasteiger partial charge in [-0.25, -0.2) is 0 Å². The summed E-state index contributed by atoms with van der Waals surface area (Å²) in [4.78, 5) is 3.02. The quantitative estimate of drug-likeness (QED) is 0.0269. The van der Waals surface area contributed by atoms with E-state index in [0.29, 0.717) is 22.7 Å². The van der Waals surface area contributed by atoms with E-state index in [1.165, 1.54) is 18.6 Å². The molecule has 70 heavy (non-hydrogen) atoms. The first-order valence-corrected chi connectivity index (χ1v) is 37.2. The van der Waals surface area contributed by atoms with Crippen LogP contribution in [-0.2, 0) is 0 Å². The molecule has 9 aromatic carbocycles. The van der Waals surface area contributed by atoms with E-state index in [9.17, 15) is 51.1 Å². The van der Waals surface area contributed by atoms with Crippen LogP contribution in [0.25, 0.3) is 43.8 Å². The van der Waals surface area contributed by atoms with E-state index in [-0.39, 0.29) is 11.4 Å². The Morgan fingerprint density at radius 1 is 0.271 bits per heavy atom. The zero-order valence-corrected chi connectivity index (χ0v) is 43.4. The van der Waals surface area contributed by atoms with E-state index < -0.39 is 84.0 Å². The number of phenolic OH excluding ortho intramolecular Hbond substituents is 10. The Balaban J connectivity index is 1.18. The molecule has 0 amide bonds. The van der Waals surface area contributed by atoms with Gasteiger partial charge in [0.1, 0.15) is 0 Å². The van der Waals surface area contributed by atoms with Gasteiger partial charge >= 0.3 is 387 Å². The van der Waals surface area contributed by atoms with E-state index in [0.717, 1.165) is 43.8 Å². The summed E-state index contributed by atoms with van der Waals surface area (Å²) in [7, 11) is 0. The molecule has 9 aromatic rings. The summed E-state index contributed by atoms with van der Waals surface area (Å²) >= 11 is -4.55. The molecule has 0 spiro atoms. The van der Waals surface area contributed by atoms with Crippen molar-refractivity contribution in [2.75, 3.05) is 9.80 Å². The second-order valence-corrected chi connectivity index (χ2v) is 40.7. The molecule has 0 aliphatic carbocycles. The predicted octanol–water partition coefficient (Wildman–Crippen LogP) is 12.4. The van der Waals surface area contributed by atoms with E-state index in [1.807, 2.05) is 121 Å². The van der Waals surface area contributed by atoms with Crippen LogP contribution in [0.4, 0.5) is 34.1 Å². The number of aromatic hydroxyl groups is 10. The summed E-state index contributed by atoms with van der Waals surface area (Å²) in [5.74, 6) is 4.25. The van der Waals surface area contributed by atoms with Crippen LogP contribution >= 0.6 is 0 Å². The second-order valence-electron chi connectivity index (χ2n) is 19.4. The van der Waals surface area contributed by atoms with Gasteiger partial charge < -0.3 is 0 Å². The number of rotatable bonds is 10. The number of anilines is 6. The van der Waals surface area contributed by atoms with E-state index >= 15 is 0 Å². The van der Waals surface area contributed by atoms with Gasteiger partial charge in [0.2, 0.25) is 0 Å². The molecule has 0 saturated carbocycles. The normalized spacial score (nSPS) is 11.9. The van der Waals surface area contributed by atoms with E-state index in [2.05, 4.69) is 58.8 Å². The van der Waals surface area contributed by atoms with Gasteiger partial charge in [-0.05, 0) is 0 Å². The number of nitrogens with zero attached hydrogens (tertiary/aromatic N) is 2. The molecule has 0 bridgehead atoms. The van der Waals surface area contributed by atoms with Crippen molar-refractivity contribution < 1.29 is 51.1 Å². The van der Waals surface area contributed by atoms with Crippen LogP contribution in [-0.4, -0.2) is 77.6 Å². The maximum atomic E-state index is 11.2. The monoisotopic (exact) mass is 1060 g/mol. The molecule has 14 heteroatoms. The van der Waals surface area contributed by atoms with Crippen molar-refractivity contribution in [2.45, 2.75) is 34.5 Å². The molecule has 0 aliphatic heterocycles. The second kappa shape index (κ2) is 17.6. The van der Waals surface area contributed by atoms with Gasteiger partial charge in [-0.1, -0.05) is 24.3 Å². The number of phenols is 10. The summed E-state index contributed by atoms with van der Waals surface area (Å²) < 4.78 is 2.42. The molecule has 12 nitrogen and oxygen atoms in total. The molecule has 0 atom stereocenters. The number of fused-ring (bicyclic) bond motifs is 2. The molecule has 0 saturated heterocycles. The third-order valence-corrected chi connectivity index (χ3v) is 21.5. The zero-order chi connectivity index (χ0) is 50.1. The molecule has 0 unspecified atom stereocenters. The van der Waals surface area contributed by atoms with Crippen LogP contribution in [0.2, 0.25) is 34.5 Å². The first-order chi connectivity index (χ1) is 33.2. The van der Waals surface area contributed by atoms with Crippen molar-refractivity contribution in [3.8, 4) is 79.7 Å². The van der Waals surface area contributed by atoms with Crippen LogP contribution < -0.4 is 18.6 Å². The fourth-order valence-electron chi connectivity index (χ4n) is 9.11. The van der Waals surface area contributed by atoms with Gasteiger partial charge in [0.15, 0.2) is 0 Å². The molecule has 9 rings (SSSR count). The summed E-state index contributed by atoms with van der Waals surface area (Å²) in [5, 5.41) is 112. The average molecular weight is 1060 g/mol. The van der Waals surface area contributed by atoms with Crippen molar-refractivity contribution >= 4 is 91.0 Å². The molecule has 10 N–H and O–H groups in total. The number of hydrogen-bond donors (Lipinski definition) is 10. The fraction of sp³-hybridized carbons (Fsp3) is 0.107. The molecule has 0 heterocycles. The molecular formula is C56H52Ge2N2O10. The minimum absolute atomic E-state index is 0.326. The van der Waals surface area contributed by atoms with E-state index in [1.54, 1.807) is 0 Å². The van der Waals surface area contributed by atoms with Crippen LogP contribution in [0.3, 0.4) is 0 Å².